The van der Waals surface area contributed by atoms with Crippen LogP contribution in [0.15, 0.2) is 12.2 Å². The van der Waals surface area contributed by atoms with E-state index in [0.29, 0.717) is 12.8 Å². The fourth-order valence-corrected chi connectivity index (χ4v) is 7.26. The zero-order chi connectivity index (χ0) is 38.9. The lowest BCUT2D eigenvalue weighted by atomic mass is 10.0. The maximum atomic E-state index is 12.6. The lowest BCUT2D eigenvalue weighted by Gasteiger charge is -2.19. The third-order valence-corrected chi connectivity index (χ3v) is 10.9. The average Bonchev–Trinajstić information content (AvgIpc) is 3.13. The van der Waals surface area contributed by atoms with Crippen molar-refractivity contribution in [2.24, 2.45) is 0 Å². The summed E-state index contributed by atoms with van der Waals surface area (Å²) in [4.78, 5) is 34.8. The van der Waals surface area contributed by atoms with Crippen LogP contribution in [0.5, 0.6) is 0 Å². The smallest absolute Gasteiger partial charge is 0.462 e. The van der Waals surface area contributed by atoms with E-state index in [9.17, 15) is 19.0 Å². The Labute approximate surface area is 327 Å². The van der Waals surface area contributed by atoms with Crippen LogP contribution in [0.1, 0.15) is 233 Å². The van der Waals surface area contributed by atoms with Crippen molar-refractivity contribution in [3.8, 4) is 0 Å². The number of phosphoric acid groups is 1. The van der Waals surface area contributed by atoms with Gasteiger partial charge < -0.3 is 14.4 Å². The molecule has 53 heavy (non-hydrogen) atoms. The molecule has 0 rings (SSSR count). The second-order valence-corrected chi connectivity index (χ2v) is 16.5. The van der Waals surface area contributed by atoms with Gasteiger partial charge in [-0.2, -0.15) is 0 Å². The molecule has 1 N–H and O–H groups in total. The summed E-state index contributed by atoms with van der Waals surface area (Å²) < 4.78 is 32.7. The molecule has 314 valence electrons. The molecular weight excluding hydrogens is 687 g/mol. The third-order valence-electron chi connectivity index (χ3n) is 9.82. The molecule has 8 nitrogen and oxygen atoms in total. The summed E-state index contributed by atoms with van der Waals surface area (Å²) in [7, 11) is -4.28. The Morgan fingerprint density at radius 2 is 0.849 bits per heavy atom. The summed E-state index contributed by atoms with van der Waals surface area (Å²) in [6, 6.07) is 0. The predicted molar refractivity (Wildman–Crippen MR) is 221 cm³/mol. The maximum absolute atomic E-state index is 12.6. The first-order valence-electron chi connectivity index (χ1n) is 22.5. The molecule has 0 amide bonds. The van der Waals surface area contributed by atoms with E-state index in [1.807, 2.05) is 0 Å². The Morgan fingerprint density at radius 1 is 0.491 bits per heavy atom. The zero-order valence-electron chi connectivity index (χ0n) is 34.9. The Balaban J connectivity index is 4.03. The number of esters is 2. The van der Waals surface area contributed by atoms with Crippen LogP contribution in [0.25, 0.3) is 0 Å². The summed E-state index contributed by atoms with van der Waals surface area (Å²) in [5, 5.41) is 0. The molecule has 0 aliphatic carbocycles. The van der Waals surface area contributed by atoms with E-state index >= 15 is 0 Å². The van der Waals surface area contributed by atoms with E-state index < -0.39 is 19.9 Å². The number of phosphoric ester groups is 1. The first-order valence-corrected chi connectivity index (χ1v) is 24.0. The number of carbonyl (C=O) groups is 2. The summed E-state index contributed by atoms with van der Waals surface area (Å²) >= 11 is 0. The summed E-state index contributed by atoms with van der Waals surface area (Å²) in [5.74, 6) is -0.790. The largest absolute Gasteiger partial charge is 0.472 e. The van der Waals surface area contributed by atoms with Crippen LogP contribution in [-0.4, -0.2) is 42.8 Å². The van der Waals surface area contributed by atoms with Crippen molar-refractivity contribution in [2.75, 3.05) is 19.8 Å². The highest BCUT2D eigenvalue weighted by molar-refractivity contribution is 7.47. The van der Waals surface area contributed by atoms with Gasteiger partial charge in [0, 0.05) is 12.8 Å². The van der Waals surface area contributed by atoms with E-state index in [0.717, 1.165) is 44.9 Å². The zero-order valence-corrected chi connectivity index (χ0v) is 35.8. The molecule has 0 heterocycles. The van der Waals surface area contributed by atoms with Gasteiger partial charge in [0.25, 0.3) is 0 Å². The van der Waals surface area contributed by atoms with Crippen LogP contribution < -0.4 is 0 Å². The fraction of sp³-hybridized carbons (Fsp3) is 0.909. The summed E-state index contributed by atoms with van der Waals surface area (Å²) in [6.07, 6.45) is 42.6. The number of unbranched alkanes of at least 4 members (excludes halogenated alkanes) is 28. The Hall–Kier alpha value is -1.21. The van der Waals surface area contributed by atoms with E-state index in [1.165, 1.54) is 148 Å². The average molecular weight is 773 g/mol. The number of allylic oxidation sites excluding steroid dienone is 2. The minimum atomic E-state index is -4.28. The Bertz CT molecular complexity index is 879. The first kappa shape index (κ1) is 51.8. The molecule has 2 unspecified atom stereocenters. The Morgan fingerprint density at radius 3 is 1.25 bits per heavy atom. The van der Waals surface area contributed by atoms with Crippen LogP contribution in [0.3, 0.4) is 0 Å². The third kappa shape index (κ3) is 40.3. The van der Waals surface area contributed by atoms with Crippen LogP contribution in [-0.2, 0) is 32.7 Å². The van der Waals surface area contributed by atoms with Crippen molar-refractivity contribution in [3.05, 3.63) is 12.2 Å². The highest BCUT2D eigenvalue weighted by Crippen LogP contribution is 2.43. The van der Waals surface area contributed by atoms with Gasteiger partial charge in [-0.05, 0) is 45.4 Å². The molecule has 0 saturated heterocycles. The normalized spacial score (nSPS) is 13.4. The van der Waals surface area contributed by atoms with Crippen molar-refractivity contribution in [2.45, 2.75) is 239 Å². The topological polar surface area (TPSA) is 108 Å². The lowest BCUT2D eigenvalue weighted by Crippen LogP contribution is -2.29. The SMILES string of the molecule is CCCCCCCC/C=C\CCCCCCCCCC(=O)OC(COC(=O)CCCCCCCCCCCCCCCCCC)COP(=O)(O)OCC. The minimum absolute atomic E-state index is 0.00286. The summed E-state index contributed by atoms with van der Waals surface area (Å²) in [5.41, 5.74) is 0. The number of hydrogen-bond acceptors (Lipinski definition) is 7. The van der Waals surface area contributed by atoms with Gasteiger partial charge in [-0.15, -0.1) is 0 Å². The van der Waals surface area contributed by atoms with Crippen LogP contribution in [0, 0.1) is 0 Å². The van der Waals surface area contributed by atoms with Crippen molar-refractivity contribution in [1.29, 1.82) is 0 Å². The van der Waals surface area contributed by atoms with Crippen LogP contribution in [0.2, 0.25) is 0 Å². The van der Waals surface area contributed by atoms with Crippen molar-refractivity contribution in [3.63, 3.8) is 0 Å². The standard InChI is InChI=1S/C44H85O8P/c1-4-7-9-11-13-15-17-19-21-23-25-27-29-31-33-35-37-39-44(46)52-42(41-51-53(47,48)50-6-3)40-49-43(45)38-36-34-32-30-28-26-24-22-20-18-16-14-12-10-8-5-2/h19,21,42H,4-18,20,22-41H2,1-3H3,(H,47,48)/b21-19-. The van der Waals surface area contributed by atoms with Crippen LogP contribution in [0.4, 0.5) is 0 Å². The predicted octanol–water partition coefficient (Wildman–Crippen LogP) is 14.1. The molecule has 0 saturated carbocycles. The molecule has 0 spiro atoms. The van der Waals surface area contributed by atoms with Gasteiger partial charge in [0.15, 0.2) is 6.10 Å². The van der Waals surface area contributed by atoms with Gasteiger partial charge in [-0.3, -0.25) is 18.6 Å². The monoisotopic (exact) mass is 773 g/mol. The van der Waals surface area contributed by atoms with Gasteiger partial charge in [0.05, 0.1) is 13.2 Å². The van der Waals surface area contributed by atoms with Gasteiger partial charge in [0.1, 0.15) is 6.61 Å². The number of hydrogen-bond donors (Lipinski definition) is 1. The van der Waals surface area contributed by atoms with E-state index in [2.05, 4.69) is 26.0 Å². The molecule has 9 heteroatoms. The molecule has 0 aromatic rings. The van der Waals surface area contributed by atoms with Gasteiger partial charge in [0.2, 0.25) is 0 Å². The first-order chi connectivity index (χ1) is 25.8. The molecule has 0 radical (unpaired) electrons. The highest BCUT2D eigenvalue weighted by atomic mass is 31.2. The second kappa shape index (κ2) is 40.5. The van der Waals surface area contributed by atoms with Crippen molar-refractivity contribution >= 4 is 19.8 Å². The number of rotatable bonds is 42. The molecule has 2 atom stereocenters. The quantitative estimate of drug-likeness (QED) is 0.0283. The van der Waals surface area contributed by atoms with Crippen LogP contribution >= 0.6 is 7.82 Å². The number of carbonyl (C=O) groups excluding carboxylic acids is 2. The molecule has 0 aliphatic rings. The van der Waals surface area contributed by atoms with E-state index in [-0.39, 0.29) is 32.2 Å². The lowest BCUT2D eigenvalue weighted by molar-refractivity contribution is -0.161. The van der Waals surface area contributed by atoms with Gasteiger partial charge in [-0.25, -0.2) is 4.57 Å². The van der Waals surface area contributed by atoms with E-state index in [1.54, 1.807) is 6.92 Å². The molecule has 0 aliphatic heterocycles. The molecule has 0 aromatic carbocycles. The second-order valence-electron chi connectivity index (χ2n) is 15.1. The van der Waals surface area contributed by atoms with Crippen molar-refractivity contribution < 1.29 is 37.6 Å². The fourth-order valence-electron chi connectivity index (χ4n) is 6.51. The minimum Gasteiger partial charge on any atom is -0.462 e. The Kier molecular flexibility index (Phi) is 39.5. The van der Waals surface area contributed by atoms with Gasteiger partial charge >= 0.3 is 19.8 Å². The van der Waals surface area contributed by atoms with E-state index in [4.69, 9.17) is 18.5 Å². The molecular formula is C44H85O8P. The van der Waals surface area contributed by atoms with Crippen molar-refractivity contribution in [1.82, 2.24) is 0 Å². The summed E-state index contributed by atoms with van der Waals surface area (Å²) in [6.45, 7) is 5.50. The highest BCUT2D eigenvalue weighted by Gasteiger charge is 2.25. The molecule has 0 aromatic heterocycles. The van der Waals surface area contributed by atoms with Gasteiger partial charge in [-0.1, -0.05) is 187 Å². The molecule has 0 bridgehead atoms. The maximum Gasteiger partial charge on any atom is 0.472 e. The number of ether oxygens (including phenoxy) is 2. The molecule has 0 fully saturated rings.